The molecule has 2 aromatic rings. The lowest BCUT2D eigenvalue weighted by Gasteiger charge is -2.10. The van der Waals surface area contributed by atoms with Crippen LogP contribution in [0, 0.1) is 0 Å². The molecule has 0 saturated heterocycles. The average Bonchev–Trinajstić information content (AvgIpc) is 2.47. The molecule has 0 atom stereocenters. The summed E-state index contributed by atoms with van der Waals surface area (Å²) >= 11 is 0. The molecule has 5 heteroatoms. The van der Waals surface area contributed by atoms with E-state index in [1.165, 1.54) is 19.2 Å². The van der Waals surface area contributed by atoms with Gasteiger partial charge in [-0.2, -0.15) is 0 Å². The number of aryl methyl sites for hydroxylation is 1. The standard InChI is InChI=1S/C15H17NO3S/c1-3-12-6-4-7-13(10-12)16-20(17,18)15-9-5-8-14(11-15)19-2/h4-11,16H,3H2,1-2H3. The molecule has 0 spiro atoms. The number of nitrogens with one attached hydrogen (secondary N) is 1. The molecule has 2 aromatic carbocycles. The van der Waals surface area contributed by atoms with Gasteiger partial charge in [0.2, 0.25) is 0 Å². The van der Waals surface area contributed by atoms with E-state index >= 15 is 0 Å². The number of rotatable bonds is 5. The Labute approximate surface area is 119 Å². The zero-order valence-corrected chi connectivity index (χ0v) is 12.3. The smallest absolute Gasteiger partial charge is 0.262 e. The quantitative estimate of drug-likeness (QED) is 0.921. The van der Waals surface area contributed by atoms with Crippen molar-refractivity contribution in [2.45, 2.75) is 18.2 Å². The maximum atomic E-state index is 12.3. The summed E-state index contributed by atoms with van der Waals surface area (Å²) in [6.45, 7) is 2.02. The van der Waals surface area contributed by atoms with Crippen LogP contribution in [0.15, 0.2) is 53.4 Å². The van der Waals surface area contributed by atoms with Crippen molar-refractivity contribution >= 4 is 15.7 Å². The highest BCUT2D eigenvalue weighted by Gasteiger charge is 2.14. The Morgan fingerprint density at radius 1 is 1.10 bits per heavy atom. The van der Waals surface area contributed by atoms with Crippen molar-refractivity contribution < 1.29 is 13.2 Å². The van der Waals surface area contributed by atoms with Gasteiger partial charge in [0.1, 0.15) is 5.75 Å². The number of ether oxygens (including phenoxy) is 1. The minimum atomic E-state index is -3.60. The topological polar surface area (TPSA) is 55.4 Å². The summed E-state index contributed by atoms with van der Waals surface area (Å²) in [5, 5.41) is 0. The third-order valence-corrected chi connectivity index (χ3v) is 4.32. The number of hydrogen-bond acceptors (Lipinski definition) is 3. The fraction of sp³-hybridized carbons (Fsp3) is 0.200. The third kappa shape index (κ3) is 3.30. The SMILES string of the molecule is CCc1cccc(NS(=O)(=O)c2cccc(OC)c2)c1. The van der Waals surface area contributed by atoms with Crippen LogP contribution in [0.3, 0.4) is 0 Å². The maximum absolute atomic E-state index is 12.3. The molecule has 2 rings (SSSR count). The first-order chi connectivity index (χ1) is 9.55. The maximum Gasteiger partial charge on any atom is 0.262 e. The molecule has 0 saturated carbocycles. The molecule has 0 aliphatic heterocycles. The first-order valence-corrected chi connectivity index (χ1v) is 7.79. The van der Waals surface area contributed by atoms with Crippen LogP contribution in [-0.4, -0.2) is 15.5 Å². The summed E-state index contributed by atoms with van der Waals surface area (Å²) in [5.41, 5.74) is 1.64. The second-order valence-corrected chi connectivity index (χ2v) is 6.02. The van der Waals surface area contributed by atoms with Crippen LogP contribution in [0.1, 0.15) is 12.5 Å². The van der Waals surface area contributed by atoms with Gasteiger partial charge >= 0.3 is 0 Å². The second kappa shape index (κ2) is 5.96. The lowest BCUT2D eigenvalue weighted by atomic mass is 10.1. The Balaban J connectivity index is 2.30. The van der Waals surface area contributed by atoms with Gasteiger partial charge in [0.25, 0.3) is 10.0 Å². The molecule has 0 amide bonds. The molecule has 20 heavy (non-hydrogen) atoms. The fourth-order valence-electron chi connectivity index (χ4n) is 1.84. The first kappa shape index (κ1) is 14.4. The second-order valence-electron chi connectivity index (χ2n) is 4.34. The largest absolute Gasteiger partial charge is 0.497 e. The van der Waals surface area contributed by atoms with E-state index in [0.717, 1.165) is 12.0 Å². The summed E-state index contributed by atoms with van der Waals surface area (Å²) in [7, 11) is -2.10. The summed E-state index contributed by atoms with van der Waals surface area (Å²) < 4.78 is 32.2. The van der Waals surface area contributed by atoms with Gasteiger partial charge in [0.15, 0.2) is 0 Å². The van der Waals surface area contributed by atoms with E-state index < -0.39 is 10.0 Å². The summed E-state index contributed by atoms with van der Waals surface area (Å²) in [5.74, 6) is 0.509. The third-order valence-electron chi connectivity index (χ3n) is 2.94. The predicted molar refractivity (Wildman–Crippen MR) is 79.6 cm³/mol. The Morgan fingerprint density at radius 3 is 2.55 bits per heavy atom. The minimum absolute atomic E-state index is 0.179. The van der Waals surface area contributed by atoms with Crippen LogP contribution in [0.5, 0.6) is 5.75 Å². The average molecular weight is 291 g/mol. The van der Waals surface area contributed by atoms with Crippen LogP contribution in [0.2, 0.25) is 0 Å². The molecule has 0 radical (unpaired) electrons. The van der Waals surface area contributed by atoms with Crippen molar-refractivity contribution in [3.05, 3.63) is 54.1 Å². The van der Waals surface area contributed by atoms with Crippen molar-refractivity contribution in [3.8, 4) is 5.75 Å². The molecule has 0 aliphatic rings. The molecule has 4 nitrogen and oxygen atoms in total. The Hall–Kier alpha value is -2.01. The Kier molecular flexibility index (Phi) is 4.29. The van der Waals surface area contributed by atoms with Crippen molar-refractivity contribution in [3.63, 3.8) is 0 Å². The van der Waals surface area contributed by atoms with Gasteiger partial charge in [-0.1, -0.05) is 25.1 Å². The lowest BCUT2D eigenvalue weighted by Crippen LogP contribution is -2.13. The molecule has 1 N–H and O–H groups in total. The van der Waals surface area contributed by atoms with E-state index in [0.29, 0.717) is 11.4 Å². The molecule has 106 valence electrons. The van der Waals surface area contributed by atoms with Crippen molar-refractivity contribution in [2.24, 2.45) is 0 Å². The molecule has 0 fully saturated rings. The number of sulfonamides is 1. The van der Waals surface area contributed by atoms with Crippen LogP contribution in [-0.2, 0) is 16.4 Å². The minimum Gasteiger partial charge on any atom is -0.497 e. The van der Waals surface area contributed by atoms with E-state index in [1.807, 2.05) is 25.1 Å². The van der Waals surface area contributed by atoms with Gasteiger partial charge in [-0.15, -0.1) is 0 Å². The summed E-state index contributed by atoms with van der Waals surface area (Å²) in [6.07, 6.45) is 0.856. The highest BCUT2D eigenvalue weighted by Crippen LogP contribution is 2.20. The lowest BCUT2D eigenvalue weighted by molar-refractivity contribution is 0.413. The van der Waals surface area contributed by atoms with E-state index in [9.17, 15) is 8.42 Å². The Bertz CT molecular complexity index is 696. The number of benzene rings is 2. The van der Waals surface area contributed by atoms with E-state index in [4.69, 9.17) is 4.74 Å². The van der Waals surface area contributed by atoms with Gasteiger partial charge in [-0.05, 0) is 36.2 Å². The first-order valence-electron chi connectivity index (χ1n) is 6.31. The van der Waals surface area contributed by atoms with Gasteiger partial charge in [0, 0.05) is 11.8 Å². The zero-order chi connectivity index (χ0) is 14.6. The Morgan fingerprint density at radius 2 is 1.85 bits per heavy atom. The monoisotopic (exact) mass is 291 g/mol. The summed E-state index contributed by atoms with van der Waals surface area (Å²) in [6, 6.07) is 13.7. The van der Waals surface area contributed by atoms with Gasteiger partial charge in [0.05, 0.1) is 12.0 Å². The molecule has 0 aromatic heterocycles. The van der Waals surface area contributed by atoms with E-state index in [1.54, 1.807) is 18.2 Å². The molecular formula is C15H17NO3S. The molecule has 0 unspecified atom stereocenters. The predicted octanol–water partition coefficient (Wildman–Crippen LogP) is 3.06. The van der Waals surface area contributed by atoms with Crippen molar-refractivity contribution in [1.29, 1.82) is 0 Å². The van der Waals surface area contributed by atoms with Crippen LogP contribution >= 0.6 is 0 Å². The number of anilines is 1. The molecular weight excluding hydrogens is 274 g/mol. The molecule has 0 aliphatic carbocycles. The van der Waals surface area contributed by atoms with Crippen LogP contribution in [0.4, 0.5) is 5.69 Å². The van der Waals surface area contributed by atoms with Gasteiger partial charge in [-0.3, -0.25) is 4.72 Å². The van der Waals surface area contributed by atoms with Crippen molar-refractivity contribution in [2.75, 3.05) is 11.8 Å². The van der Waals surface area contributed by atoms with Crippen LogP contribution in [0.25, 0.3) is 0 Å². The fourth-order valence-corrected chi connectivity index (χ4v) is 2.92. The zero-order valence-electron chi connectivity index (χ0n) is 11.5. The van der Waals surface area contributed by atoms with Crippen LogP contribution < -0.4 is 9.46 Å². The highest BCUT2D eigenvalue weighted by atomic mass is 32.2. The number of hydrogen-bond donors (Lipinski definition) is 1. The normalized spacial score (nSPS) is 11.1. The van der Waals surface area contributed by atoms with E-state index in [2.05, 4.69) is 4.72 Å². The highest BCUT2D eigenvalue weighted by molar-refractivity contribution is 7.92. The summed E-state index contributed by atoms with van der Waals surface area (Å²) in [4.78, 5) is 0.179. The van der Waals surface area contributed by atoms with Gasteiger partial charge < -0.3 is 4.74 Å². The van der Waals surface area contributed by atoms with Gasteiger partial charge in [-0.25, -0.2) is 8.42 Å². The number of methoxy groups -OCH3 is 1. The van der Waals surface area contributed by atoms with E-state index in [-0.39, 0.29) is 4.90 Å². The van der Waals surface area contributed by atoms with Crippen molar-refractivity contribution in [1.82, 2.24) is 0 Å². The molecule has 0 heterocycles. The molecule has 0 bridgehead atoms.